The summed E-state index contributed by atoms with van der Waals surface area (Å²) in [5.41, 5.74) is 6.25. The highest BCUT2D eigenvalue weighted by Crippen LogP contribution is 2.21. The SMILES string of the molecule is CNC(=O)c1ccc(Nc2nc(SC)[nH]c(=O)c2C(N)=O)cc1C. The average Bonchev–Trinajstić information content (AvgIpc) is 2.53. The van der Waals surface area contributed by atoms with E-state index in [2.05, 4.69) is 20.6 Å². The monoisotopic (exact) mass is 347 g/mol. The highest BCUT2D eigenvalue weighted by molar-refractivity contribution is 7.98. The first kappa shape index (κ1) is 17.5. The Morgan fingerprint density at radius 1 is 1.33 bits per heavy atom. The number of aryl methyl sites for hydroxylation is 1. The number of H-pyrrole nitrogens is 1. The van der Waals surface area contributed by atoms with E-state index in [1.165, 1.54) is 11.8 Å². The lowest BCUT2D eigenvalue weighted by Crippen LogP contribution is -2.26. The van der Waals surface area contributed by atoms with Crippen molar-refractivity contribution in [3.63, 3.8) is 0 Å². The Morgan fingerprint density at radius 2 is 2.04 bits per heavy atom. The number of hydrogen-bond donors (Lipinski definition) is 4. The van der Waals surface area contributed by atoms with Gasteiger partial charge in [0.05, 0.1) is 0 Å². The van der Waals surface area contributed by atoms with Crippen LogP contribution in [-0.2, 0) is 0 Å². The number of nitrogens with two attached hydrogens (primary N) is 1. The molecule has 0 bridgehead atoms. The van der Waals surface area contributed by atoms with Crippen LogP contribution < -0.4 is 21.9 Å². The fourth-order valence-electron chi connectivity index (χ4n) is 2.14. The second-order valence-electron chi connectivity index (χ2n) is 4.90. The second-order valence-corrected chi connectivity index (χ2v) is 5.69. The van der Waals surface area contributed by atoms with Crippen LogP contribution in [0, 0.1) is 6.92 Å². The number of nitrogens with one attached hydrogen (secondary N) is 3. The van der Waals surface area contributed by atoms with Crippen molar-refractivity contribution < 1.29 is 9.59 Å². The topological polar surface area (TPSA) is 130 Å². The minimum atomic E-state index is -0.877. The van der Waals surface area contributed by atoms with Crippen molar-refractivity contribution in [1.82, 2.24) is 15.3 Å². The standard InChI is InChI=1S/C15H17N5O3S/c1-7-6-8(4-5-9(7)13(22)17-2)18-12-10(11(16)21)14(23)20-15(19-12)24-3/h4-6H,1-3H3,(H2,16,21)(H,17,22)(H2,18,19,20,23). The van der Waals surface area contributed by atoms with E-state index in [0.717, 1.165) is 5.56 Å². The van der Waals surface area contributed by atoms with Gasteiger partial charge in [-0.3, -0.25) is 14.4 Å². The Bertz CT molecular complexity index is 863. The van der Waals surface area contributed by atoms with Crippen molar-refractivity contribution in [2.45, 2.75) is 12.1 Å². The molecule has 9 heteroatoms. The maximum Gasteiger partial charge on any atom is 0.266 e. The van der Waals surface area contributed by atoms with Gasteiger partial charge in [0, 0.05) is 18.3 Å². The van der Waals surface area contributed by atoms with Gasteiger partial charge in [-0.05, 0) is 36.9 Å². The zero-order valence-electron chi connectivity index (χ0n) is 13.4. The van der Waals surface area contributed by atoms with Crippen molar-refractivity contribution in [2.75, 3.05) is 18.6 Å². The maximum atomic E-state index is 12.0. The number of aromatic nitrogens is 2. The van der Waals surface area contributed by atoms with Crippen LogP contribution in [0.2, 0.25) is 0 Å². The molecule has 1 heterocycles. The summed E-state index contributed by atoms with van der Waals surface area (Å²) >= 11 is 1.23. The lowest BCUT2D eigenvalue weighted by atomic mass is 10.1. The fraction of sp³-hybridized carbons (Fsp3) is 0.200. The summed E-state index contributed by atoms with van der Waals surface area (Å²) in [6.45, 7) is 1.78. The molecule has 0 aliphatic rings. The first-order valence-corrected chi connectivity index (χ1v) is 8.17. The van der Waals surface area contributed by atoms with Crippen molar-refractivity contribution >= 4 is 35.1 Å². The Labute approximate surface area is 142 Å². The smallest absolute Gasteiger partial charge is 0.266 e. The van der Waals surface area contributed by atoms with E-state index in [1.54, 1.807) is 38.4 Å². The second kappa shape index (κ2) is 7.18. The Balaban J connectivity index is 2.46. The summed E-state index contributed by atoms with van der Waals surface area (Å²) < 4.78 is 0. The van der Waals surface area contributed by atoms with Gasteiger partial charge < -0.3 is 21.4 Å². The molecule has 126 valence electrons. The van der Waals surface area contributed by atoms with E-state index in [0.29, 0.717) is 16.4 Å². The maximum absolute atomic E-state index is 12.0. The van der Waals surface area contributed by atoms with Crippen molar-refractivity contribution in [2.24, 2.45) is 5.73 Å². The number of benzene rings is 1. The van der Waals surface area contributed by atoms with Crippen LogP contribution in [0.15, 0.2) is 28.2 Å². The van der Waals surface area contributed by atoms with Gasteiger partial charge in [0.2, 0.25) is 0 Å². The molecular formula is C15H17N5O3S. The van der Waals surface area contributed by atoms with Gasteiger partial charge in [0.1, 0.15) is 5.56 Å². The molecular weight excluding hydrogens is 330 g/mol. The van der Waals surface area contributed by atoms with Gasteiger partial charge in [-0.25, -0.2) is 4.98 Å². The number of nitrogens with zero attached hydrogens (tertiary/aromatic N) is 1. The minimum absolute atomic E-state index is 0.0719. The number of primary amides is 1. The van der Waals surface area contributed by atoms with E-state index in [1.807, 2.05) is 0 Å². The third kappa shape index (κ3) is 3.57. The number of rotatable bonds is 5. The highest BCUT2D eigenvalue weighted by Gasteiger charge is 2.17. The fourth-order valence-corrected chi connectivity index (χ4v) is 2.51. The van der Waals surface area contributed by atoms with Gasteiger partial charge in [-0.15, -0.1) is 0 Å². The molecule has 1 aromatic carbocycles. The normalized spacial score (nSPS) is 10.3. The molecule has 2 aromatic rings. The van der Waals surface area contributed by atoms with Crippen LogP contribution in [0.3, 0.4) is 0 Å². The third-order valence-corrected chi connectivity index (χ3v) is 3.88. The Hall–Kier alpha value is -2.81. The summed E-state index contributed by atoms with van der Waals surface area (Å²) in [7, 11) is 1.55. The van der Waals surface area contributed by atoms with E-state index >= 15 is 0 Å². The van der Waals surface area contributed by atoms with E-state index in [9.17, 15) is 14.4 Å². The first-order chi connectivity index (χ1) is 11.4. The predicted molar refractivity (Wildman–Crippen MR) is 93.0 cm³/mol. The number of carbonyl (C=O) groups excluding carboxylic acids is 2. The molecule has 0 spiro atoms. The number of amides is 2. The van der Waals surface area contributed by atoms with Crippen LogP contribution in [0.1, 0.15) is 26.3 Å². The van der Waals surface area contributed by atoms with Crippen LogP contribution in [0.25, 0.3) is 0 Å². The number of carbonyl (C=O) groups is 2. The molecule has 0 atom stereocenters. The average molecular weight is 347 g/mol. The minimum Gasteiger partial charge on any atom is -0.365 e. The third-order valence-electron chi connectivity index (χ3n) is 3.30. The van der Waals surface area contributed by atoms with Crippen LogP contribution in [0.5, 0.6) is 0 Å². The van der Waals surface area contributed by atoms with Crippen LogP contribution in [0.4, 0.5) is 11.5 Å². The van der Waals surface area contributed by atoms with Gasteiger partial charge in [-0.2, -0.15) is 0 Å². The summed E-state index contributed by atoms with van der Waals surface area (Å²) in [5, 5.41) is 5.83. The summed E-state index contributed by atoms with van der Waals surface area (Å²) in [6, 6.07) is 5.02. The molecule has 1 aromatic heterocycles. The van der Waals surface area contributed by atoms with Crippen molar-refractivity contribution in [1.29, 1.82) is 0 Å². The van der Waals surface area contributed by atoms with Crippen molar-refractivity contribution in [3.05, 3.63) is 45.2 Å². The number of aromatic amines is 1. The molecule has 0 aliphatic carbocycles. The summed E-state index contributed by atoms with van der Waals surface area (Å²) in [4.78, 5) is 41.9. The van der Waals surface area contributed by atoms with E-state index < -0.39 is 11.5 Å². The van der Waals surface area contributed by atoms with Gasteiger partial charge in [0.15, 0.2) is 11.0 Å². The van der Waals surface area contributed by atoms with Gasteiger partial charge in [0.25, 0.3) is 17.4 Å². The lowest BCUT2D eigenvalue weighted by Gasteiger charge is -2.12. The van der Waals surface area contributed by atoms with Crippen LogP contribution >= 0.6 is 11.8 Å². The quantitative estimate of drug-likeness (QED) is 0.471. The highest BCUT2D eigenvalue weighted by atomic mass is 32.2. The summed E-state index contributed by atoms with van der Waals surface area (Å²) in [5.74, 6) is -1.00. The number of hydrogen-bond acceptors (Lipinski definition) is 6. The molecule has 0 saturated heterocycles. The predicted octanol–water partition coefficient (Wildman–Crippen LogP) is 1.00. The molecule has 0 radical (unpaired) electrons. The number of anilines is 2. The van der Waals surface area contributed by atoms with Crippen LogP contribution in [-0.4, -0.2) is 35.1 Å². The zero-order valence-corrected chi connectivity index (χ0v) is 14.2. The lowest BCUT2D eigenvalue weighted by molar-refractivity contribution is 0.0960. The molecule has 0 unspecified atom stereocenters. The molecule has 5 N–H and O–H groups in total. The molecule has 2 amide bonds. The largest absolute Gasteiger partial charge is 0.365 e. The molecule has 24 heavy (non-hydrogen) atoms. The molecule has 0 aliphatic heterocycles. The molecule has 0 fully saturated rings. The Kier molecular flexibility index (Phi) is 5.24. The first-order valence-electron chi connectivity index (χ1n) is 6.95. The van der Waals surface area contributed by atoms with E-state index in [-0.39, 0.29) is 17.3 Å². The van der Waals surface area contributed by atoms with Crippen molar-refractivity contribution in [3.8, 4) is 0 Å². The molecule has 2 rings (SSSR count). The van der Waals surface area contributed by atoms with Gasteiger partial charge in [-0.1, -0.05) is 11.8 Å². The summed E-state index contributed by atoms with van der Waals surface area (Å²) in [6.07, 6.45) is 1.74. The van der Waals surface area contributed by atoms with Gasteiger partial charge >= 0.3 is 0 Å². The Morgan fingerprint density at radius 3 is 2.58 bits per heavy atom. The number of thioether (sulfide) groups is 1. The molecule has 0 saturated carbocycles. The zero-order chi connectivity index (χ0) is 17.9. The van der Waals surface area contributed by atoms with E-state index in [4.69, 9.17) is 5.73 Å². The molecule has 8 nitrogen and oxygen atoms in total.